The van der Waals surface area contributed by atoms with Crippen molar-refractivity contribution in [3.63, 3.8) is 0 Å². The van der Waals surface area contributed by atoms with Crippen molar-refractivity contribution in [3.8, 4) is 11.5 Å². The third-order valence-corrected chi connectivity index (χ3v) is 5.10. The van der Waals surface area contributed by atoms with Crippen LogP contribution in [0.3, 0.4) is 0 Å². The van der Waals surface area contributed by atoms with Crippen molar-refractivity contribution >= 4 is 28.7 Å². The second-order valence-corrected chi connectivity index (χ2v) is 6.89. The lowest BCUT2D eigenvalue weighted by atomic mass is 10.00. The zero-order valence-corrected chi connectivity index (χ0v) is 15.1. The molecular formula is C19H24ClN3O2. The molecule has 0 aromatic heterocycles. The molecule has 2 aromatic carbocycles. The van der Waals surface area contributed by atoms with Gasteiger partial charge < -0.3 is 26.2 Å². The largest absolute Gasteiger partial charge is 0.506 e. The fourth-order valence-electron chi connectivity index (χ4n) is 3.24. The molecule has 2 aliphatic heterocycles. The molecular weight excluding hydrogens is 338 g/mol. The lowest BCUT2D eigenvalue weighted by molar-refractivity contribution is 0.240. The Morgan fingerprint density at radius 2 is 2.00 bits per heavy atom. The number of nitrogens with two attached hydrogens (primary N) is 2. The number of piperidine rings is 1. The van der Waals surface area contributed by atoms with E-state index >= 15 is 0 Å². The highest BCUT2D eigenvalue weighted by Crippen LogP contribution is 2.38. The first-order chi connectivity index (χ1) is 12.0. The second kappa shape index (κ2) is 7.31. The monoisotopic (exact) mass is 361 g/mol. The van der Waals surface area contributed by atoms with Gasteiger partial charge in [-0.2, -0.15) is 0 Å². The number of phenolic OH excluding ortho intramolecular Hbond substituents is 1. The summed E-state index contributed by atoms with van der Waals surface area (Å²) in [5.74, 6) is 1.02. The van der Waals surface area contributed by atoms with Gasteiger partial charge in [-0.05, 0) is 49.9 Å². The number of aryl methyl sites for hydroxylation is 1. The van der Waals surface area contributed by atoms with Crippen molar-refractivity contribution in [2.45, 2.75) is 32.2 Å². The predicted octanol–water partition coefficient (Wildman–Crippen LogP) is 3.96. The van der Waals surface area contributed by atoms with E-state index in [-0.39, 0.29) is 10.8 Å². The molecule has 6 heteroatoms. The van der Waals surface area contributed by atoms with Gasteiger partial charge in [-0.3, -0.25) is 0 Å². The Morgan fingerprint density at radius 3 is 2.76 bits per heavy atom. The standard InChI is InChI=1S/C12H16N2O.C7H8ClNO/c13-9-4-5-11-12(7-9)15-8-10-3-1-2-6-14(10)11;1-4-2-3-5(9)6(8)7(4)10/h4-5,7,10H,1-3,6,8,13H2;2-3,10H,9H2,1H3. The molecule has 2 aromatic rings. The van der Waals surface area contributed by atoms with Crippen LogP contribution < -0.4 is 21.1 Å². The summed E-state index contributed by atoms with van der Waals surface area (Å²) in [6.45, 7) is 3.74. The topological polar surface area (TPSA) is 84.7 Å². The van der Waals surface area contributed by atoms with Crippen LogP contribution in [0.25, 0.3) is 0 Å². The summed E-state index contributed by atoms with van der Waals surface area (Å²) in [6, 6.07) is 9.94. The molecule has 4 rings (SSSR count). The van der Waals surface area contributed by atoms with Crippen LogP contribution in [0, 0.1) is 6.92 Å². The maximum absolute atomic E-state index is 9.18. The summed E-state index contributed by atoms with van der Waals surface area (Å²) >= 11 is 5.61. The van der Waals surface area contributed by atoms with Crippen LogP contribution in [-0.2, 0) is 0 Å². The van der Waals surface area contributed by atoms with Crippen LogP contribution in [0.2, 0.25) is 5.02 Å². The van der Waals surface area contributed by atoms with Crippen LogP contribution in [0.15, 0.2) is 30.3 Å². The molecule has 1 atom stereocenters. The Bertz CT molecular complexity index is 740. The molecule has 25 heavy (non-hydrogen) atoms. The van der Waals surface area contributed by atoms with Crippen molar-refractivity contribution in [1.82, 2.24) is 0 Å². The highest BCUT2D eigenvalue weighted by molar-refractivity contribution is 6.34. The van der Waals surface area contributed by atoms with E-state index < -0.39 is 0 Å². The summed E-state index contributed by atoms with van der Waals surface area (Å²) in [7, 11) is 0. The van der Waals surface area contributed by atoms with Gasteiger partial charge in [-0.25, -0.2) is 0 Å². The number of aromatic hydroxyl groups is 1. The molecule has 0 aliphatic carbocycles. The SMILES string of the molecule is Cc1ccc(N)c(Cl)c1O.Nc1ccc2c(c1)OCC1CCCCN21. The number of hydrogen-bond donors (Lipinski definition) is 3. The van der Waals surface area contributed by atoms with Crippen LogP contribution in [0.1, 0.15) is 24.8 Å². The first-order valence-corrected chi connectivity index (χ1v) is 8.87. The minimum Gasteiger partial charge on any atom is -0.506 e. The third-order valence-electron chi connectivity index (χ3n) is 4.70. The van der Waals surface area contributed by atoms with Gasteiger partial charge in [0.05, 0.1) is 17.4 Å². The summed E-state index contributed by atoms with van der Waals surface area (Å²) in [6.07, 6.45) is 3.87. The molecule has 5 nitrogen and oxygen atoms in total. The Kier molecular flexibility index (Phi) is 5.13. The highest BCUT2D eigenvalue weighted by Gasteiger charge is 2.29. The van der Waals surface area contributed by atoms with Crippen molar-refractivity contribution in [2.24, 2.45) is 0 Å². The van der Waals surface area contributed by atoms with Crippen LogP contribution in [0.4, 0.5) is 17.1 Å². The van der Waals surface area contributed by atoms with E-state index in [0.29, 0.717) is 11.7 Å². The fraction of sp³-hybridized carbons (Fsp3) is 0.368. The summed E-state index contributed by atoms with van der Waals surface area (Å²) in [5, 5.41) is 9.41. The number of phenols is 1. The maximum atomic E-state index is 9.18. The summed E-state index contributed by atoms with van der Waals surface area (Å²) in [5.41, 5.74) is 14.3. The first-order valence-electron chi connectivity index (χ1n) is 8.50. The number of rotatable bonds is 0. The van der Waals surface area contributed by atoms with Crippen molar-refractivity contribution in [2.75, 3.05) is 29.5 Å². The van der Waals surface area contributed by atoms with Crippen LogP contribution in [-0.4, -0.2) is 24.3 Å². The van der Waals surface area contributed by atoms with Gasteiger partial charge in [-0.1, -0.05) is 17.7 Å². The molecule has 134 valence electrons. The van der Waals surface area contributed by atoms with Gasteiger partial charge in [0.15, 0.2) is 0 Å². The molecule has 2 aliphatic rings. The number of halogens is 1. The van der Waals surface area contributed by atoms with Gasteiger partial charge in [0, 0.05) is 18.3 Å². The van der Waals surface area contributed by atoms with E-state index in [9.17, 15) is 5.11 Å². The van der Waals surface area contributed by atoms with Crippen molar-refractivity contribution < 1.29 is 9.84 Å². The molecule has 0 amide bonds. The van der Waals surface area contributed by atoms with E-state index in [1.165, 1.54) is 24.9 Å². The normalized spacial score (nSPS) is 18.3. The van der Waals surface area contributed by atoms with Gasteiger partial charge in [0.25, 0.3) is 0 Å². The van der Waals surface area contributed by atoms with Gasteiger partial charge >= 0.3 is 0 Å². The number of benzene rings is 2. The van der Waals surface area contributed by atoms with Gasteiger partial charge in [0.1, 0.15) is 23.1 Å². The third kappa shape index (κ3) is 3.71. The Morgan fingerprint density at radius 1 is 1.20 bits per heavy atom. The lowest BCUT2D eigenvalue weighted by Crippen LogP contribution is -2.46. The van der Waals surface area contributed by atoms with E-state index in [0.717, 1.165) is 30.2 Å². The fourth-order valence-corrected chi connectivity index (χ4v) is 3.45. The molecule has 1 fully saturated rings. The number of ether oxygens (including phenoxy) is 1. The minimum absolute atomic E-state index is 0.0710. The Labute approximate surface area is 153 Å². The lowest BCUT2D eigenvalue weighted by Gasteiger charge is -2.41. The summed E-state index contributed by atoms with van der Waals surface area (Å²) < 4.78 is 5.75. The van der Waals surface area contributed by atoms with Crippen LogP contribution >= 0.6 is 11.6 Å². The van der Waals surface area contributed by atoms with E-state index in [1.807, 2.05) is 12.1 Å². The number of nitrogens with zero attached hydrogens (tertiary/aromatic N) is 1. The van der Waals surface area contributed by atoms with Crippen molar-refractivity contribution in [1.29, 1.82) is 0 Å². The van der Waals surface area contributed by atoms with E-state index in [1.54, 1.807) is 19.1 Å². The molecule has 1 saturated heterocycles. The van der Waals surface area contributed by atoms with Gasteiger partial charge in [0.2, 0.25) is 0 Å². The number of anilines is 3. The number of nitrogen functional groups attached to an aromatic ring is 2. The highest BCUT2D eigenvalue weighted by atomic mass is 35.5. The first kappa shape index (κ1) is 17.5. The zero-order valence-electron chi connectivity index (χ0n) is 14.3. The van der Waals surface area contributed by atoms with E-state index in [4.69, 9.17) is 27.8 Å². The molecule has 0 saturated carbocycles. The maximum Gasteiger partial charge on any atom is 0.144 e. The molecule has 0 radical (unpaired) electrons. The smallest absolute Gasteiger partial charge is 0.144 e. The summed E-state index contributed by atoms with van der Waals surface area (Å²) in [4.78, 5) is 2.47. The average Bonchev–Trinajstić information content (AvgIpc) is 2.63. The second-order valence-electron chi connectivity index (χ2n) is 6.52. The zero-order chi connectivity index (χ0) is 18.0. The van der Waals surface area contributed by atoms with Gasteiger partial charge in [-0.15, -0.1) is 0 Å². The Hall–Kier alpha value is -2.27. The molecule has 0 bridgehead atoms. The van der Waals surface area contributed by atoms with Crippen molar-refractivity contribution in [3.05, 3.63) is 40.9 Å². The van der Waals surface area contributed by atoms with Crippen LogP contribution in [0.5, 0.6) is 11.5 Å². The molecule has 1 unspecified atom stereocenters. The number of hydrogen-bond acceptors (Lipinski definition) is 5. The Balaban J connectivity index is 0.000000160. The minimum atomic E-state index is 0.0710. The van der Waals surface area contributed by atoms with E-state index in [2.05, 4.69) is 11.0 Å². The predicted molar refractivity (Wildman–Crippen MR) is 104 cm³/mol. The average molecular weight is 362 g/mol. The quantitative estimate of drug-likeness (QED) is 0.618. The number of fused-ring (bicyclic) bond motifs is 3. The molecule has 2 heterocycles. The molecule has 0 spiro atoms. The molecule has 5 N–H and O–H groups in total.